The van der Waals surface area contributed by atoms with Crippen LogP contribution in [0, 0.1) is 11.7 Å². The number of hydrogen-bond donors (Lipinski definition) is 2. The zero-order chi connectivity index (χ0) is 22.6. The molecule has 0 unspecified atom stereocenters. The number of aromatic nitrogens is 2. The molecule has 2 heterocycles. The number of nitrogens with one attached hydrogen (secondary N) is 1. The third-order valence-corrected chi connectivity index (χ3v) is 6.37. The lowest BCUT2D eigenvalue weighted by molar-refractivity contribution is -0.138. The first kappa shape index (κ1) is 20.4. The van der Waals surface area contributed by atoms with Crippen LogP contribution in [0.15, 0.2) is 42.5 Å². The number of halogens is 2. The molecule has 5 rings (SSSR count). The fourth-order valence-corrected chi connectivity index (χ4v) is 4.68. The number of nitrogens with two attached hydrogens (primary N) is 1. The van der Waals surface area contributed by atoms with Gasteiger partial charge < -0.3 is 16.0 Å². The van der Waals surface area contributed by atoms with Crippen LogP contribution >= 0.6 is 11.6 Å². The molecule has 0 radical (unpaired) electrons. The van der Waals surface area contributed by atoms with Crippen molar-refractivity contribution in [3.05, 3.63) is 59.0 Å². The van der Waals surface area contributed by atoms with Crippen molar-refractivity contribution in [1.29, 1.82) is 0 Å². The molecule has 2 fully saturated rings. The molecule has 164 valence electrons. The molecule has 1 saturated heterocycles. The number of rotatable bonds is 5. The Balaban J connectivity index is 1.39. The van der Waals surface area contributed by atoms with Gasteiger partial charge in [0.2, 0.25) is 11.8 Å². The van der Waals surface area contributed by atoms with Crippen molar-refractivity contribution < 1.29 is 18.8 Å². The van der Waals surface area contributed by atoms with Crippen LogP contribution in [0.3, 0.4) is 0 Å². The zero-order valence-electron chi connectivity index (χ0n) is 16.8. The first-order valence-corrected chi connectivity index (χ1v) is 10.5. The third-order valence-electron chi connectivity index (χ3n) is 6.08. The third kappa shape index (κ3) is 3.38. The van der Waals surface area contributed by atoms with E-state index in [1.165, 1.54) is 22.9 Å². The predicted octanol–water partition coefficient (Wildman–Crippen LogP) is 2.56. The van der Waals surface area contributed by atoms with E-state index in [2.05, 4.69) is 10.4 Å². The van der Waals surface area contributed by atoms with Crippen molar-refractivity contribution in [2.45, 2.75) is 31.5 Å². The second kappa shape index (κ2) is 7.59. The second-order valence-electron chi connectivity index (χ2n) is 8.09. The summed E-state index contributed by atoms with van der Waals surface area (Å²) in [4.78, 5) is 39.5. The number of piperidine rings is 1. The number of para-hydroxylation sites is 1. The van der Waals surface area contributed by atoms with Crippen molar-refractivity contribution in [2.24, 2.45) is 11.7 Å². The van der Waals surface area contributed by atoms with Gasteiger partial charge in [0.05, 0.1) is 16.2 Å². The molecule has 0 spiro atoms. The Morgan fingerprint density at radius 2 is 1.94 bits per heavy atom. The van der Waals surface area contributed by atoms with E-state index in [9.17, 15) is 18.8 Å². The number of benzene rings is 2. The maximum atomic E-state index is 14.2. The molecule has 1 aliphatic carbocycles. The number of nitrogens with zero attached hydrogens (tertiary/aromatic N) is 3. The maximum Gasteiger partial charge on any atom is 0.269 e. The summed E-state index contributed by atoms with van der Waals surface area (Å²) in [5.74, 6) is -1.92. The van der Waals surface area contributed by atoms with E-state index in [0.717, 1.165) is 6.42 Å². The van der Waals surface area contributed by atoms with Gasteiger partial charge in [0, 0.05) is 11.4 Å². The lowest BCUT2D eigenvalue weighted by Gasteiger charge is -2.27. The number of carbonyl (C=O) groups is 3. The van der Waals surface area contributed by atoms with Gasteiger partial charge in [-0.05, 0) is 37.0 Å². The molecule has 10 heteroatoms. The molecule has 8 nitrogen and oxygen atoms in total. The lowest BCUT2D eigenvalue weighted by Crippen LogP contribution is -2.46. The fraction of sp³-hybridized carbons (Fsp3) is 0.273. The molecule has 3 amide bonds. The molecule has 0 bridgehead atoms. The van der Waals surface area contributed by atoms with Crippen LogP contribution in [0.4, 0.5) is 10.1 Å². The molecule has 3 atom stereocenters. The Morgan fingerprint density at radius 3 is 2.72 bits per heavy atom. The number of carbonyl (C=O) groups excluding carboxylic acids is 3. The van der Waals surface area contributed by atoms with Crippen molar-refractivity contribution in [2.75, 3.05) is 5.32 Å². The molecule has 1 aromatic heterocycles. The molecular formula is C22H19ClFN5O3. The highest BCUT2D eigenvalue weighted by Crippen LogP contribution is 2.48. The second-order valence-corrected chi connectivity index (χ2v) is 8.50. The highest BCUT2D eigenvalue weighted by atomic mass is 35.5. The maximum absolute atomic E-state index is 14.2. The van der Waals surface area contributed by atoms with E-state index in [-0.39, 0.29) is 40.8 Å². The molecule has 3 N–H and O–H groups in total. The molecule has 1 aliphatic heterocycles. The molecule has 32 heavy (non-hydrogen) atoms. The Kier molecular flexibility index (Phi) is 4.85. The highest BCUT2D eigenvalue weighted by Gasteiger charge is 2.56. The first-order valence-electron chi connectivity index (χ1n) is 10.2. The highest BCUT2D eigenvalue weighted by molar-refractivity contribution is 6.31. The van der Waals surface area contributed by atoms with E-state index >= 15 is 0 Å². The molecule has 2 aromatic carbocycles. The minimum Gasteiger partial charge on any atom is -0.364 e. The number of anilines is 1. The van der Waals surface area contributed by atoms with Crippen LogP contribution in [-0.2, 0) is 16.1 Å². The average Bonchev–Trinajstić information content (AvgIpc) is 3.27. The Morgan fingerprint density at radius 1 is 1.16 bits per heavy atom. The van der Waals surface area contributed by atoms with Crippen molar-refractivity contribution in [3.63, 3.8) is 0 Å². The summed E-state index contributed by atoms with van der Waals surface area (Å²) in [6.45, 7) is -0.147. The van der Waals surface area contributed by atoms with Crippen molar-refractivity contribution in [3.8, 4) is 0 Å². The quantitative estimate of drug-likeness (QED) is 0.616. The van der Waals surface area contributed by atoms with Gasteiger partial charge in [-0.3, -0.25) is 19.1 Å². The standard InChI is InChI=1S/C22H19ClFN5O3/c23-13-5-3-6-14(19(13)24)26-22(32)17-9-11-8-16(11)29(17)18(30)10-28-15-7-2-1-4-12(15)20(27-28)21(25)31/h1-7,11,16-17H,8-10H2,(H2,25,31)(H,26,32)/t11-,16-,17+/m1/s1. The largest absolute Gasteiger partial charge is 0.364 e. The number of primary amides is 1. The Hall–Kier alpha value is -3.46. The SMILES string of the molecule is NC(=O)c1nn(CC(=O)N2[C@@H]3C[C@@H]3C[C@H]2C(=O)Nc2cccc(Cl)c2F)c2ccccc12. The van der Waals surface area contributed by atoms with Gasteiger partial charge >= 0.3 is 0 Å². The lowest BCUT2D eigenvalue weighted by atomic mass is 10.1. The van der Waals surface area contributed by atoms with Crippen LogP contribution in [0.5, 0.6) is 0 Å². The fourth-order valence-electron chi connectivity index (χ4n) is 4.51. The molecule has 2 aliphatic rings. The van der Waals surface area contributed by atoms with Crippen LogP contribution in [0.1, 0.15) is 23.3 Å². The zero-order valence-corrected chi connectivity index (χ0v) is 17.6. The van der Waals surface area contributed by atoms with Gasteiger partial charge in [-0.25, -0.2) is 4.39 Å². The van der Waals surface area contributed by atoms with Crippen molar-refractivity contribution in [1.82, 2.24) is 14.7 Å². The number of likely N-dealkylation sites (tertiary alicyclic amines) is 1. The summed E-state index contributed by atoms with van der Waals surface area (Å²) < 4.78 is 15.6. The average molecular weight is 456 g/mol. The van der Waals surface area contributed by atoms with E-state index in [1.54, 1.807) is 29.2 Å². The summed E-state index contributed by atoms with van der Waals surface area (Å²) >= 11 is 5.80. The smallest absolute Gasteiger partial charge is 0.269 e. The molecular weight excluding hydrogens is 437 g/mol. The Bertz CT molecular complexity index is 1280. The summed E-state index contributed by atoms with van der Waals surface area (Å²) in [5.41, 5.74) is 6.09. The first-order chi connectivity index (χ1) is 15.3. The summed E-state index contributed by atoms with van der Waals surface area (Å²) in [6.07, 6.45) is 1.34. The summed E-state index contributed by atoms with van der Waals surface area (Å²) in [7, 11) is 0. The van der Waals surface area contributed by atoms with Gasteiger partial charge in [0.25, 0.3) is 5.91 Å². The minimum absolute atomic E-state index is 0.0279. The Labute approximate surface area is 187 Å². The van der Waals surface area contributed by atoms with Gasteiger partial charge in [0.1, 0.15) is 12.6 Å². The van der Waals surface area contributed by atoms with Gasteiger partial charge in [-0.15, -0.1) is 0 Å². The van der Waals surface area contributed by atoms with Crippen LogP contribution < -0.4 is 11.1 Å². The van der Waals surface area contributed by atoms with E-state index < -0.39 is 23.7 Å². The topological polar surface area (TPSA) is 110 Å². The van der Waals surface area contributed by atoms with Gasteiger partial charge in [0.15, 0.2) is 11.5 Å². The summed E-state index contributed by atoms with van der Waals surface area (Å²) in [5, 5.41) is 7.25. The number of amides is 3. The van der Waals surface area contributed by atoms with Crippen LogP contribution in [-0.4, -0.2) is 44.5 Å². The van der Waals surface area contributed by atoms with E-state index in [1.807, 2.05) is 0 Å². The minimum atomic E-state index is -0.720. The summed E-state index contributed by atoms with van der Waals surface area (Å²) in [6, 6.07) is 10.6. The molecule has 1 saturated carbocycles. The van der Waals surface area contributed by atoms with Crippen LogP contribution in [0.25, 0.3) is 10.9 Å². The predicted molar refractivity (Wildman–Crippen MR) is 115 cm³/mol. The number of fused-ring (bicyclic) bond motifs is 2. The normalized spacial score (nSPS) is 21.4. The van der Waals surface area contributed by atoms with E-state index in [0.29, 0.717) is 17.3 Å². The van der Waals surface area contributed by atoms with Gasteiger partial charge in [-0.2, -0.15) is 5.10 Å². The monoisotopic (exact) mass is 455 g/mol. The van der Waals surface area contributed by atoms with Gasteiger partial charge in [-0.1, -0.05) is 35.9 Å². The van der Waals surface area contributed by atoms with Crippen LogP contribution in [0.2, 0.25) is 5.02 Å². The molecule has 3 aromatic rings. The van der Waals surface area contributed by atoms with E-state index in [4.69, 9.17) is 17.3 Å². The number of hydrogen-bond acceptors (Lipinski definition) is 4. The van der Waals surface area contributed by atoms with Crippen molar-refractivity contribution >= 4 is 45.9 Å².